The van der Waals surface area contributed by atoms with Gasteiger partial charge in [0.05, 0.1) is 31.6 Å². The largest absolute Gasteiger partial charge is 0.467 e. The van der Waals surface area contributed by atoms with Crippen LogP contribution in [0.1, 0.15) is 11.4 Å². The van der Waals surface area contributed by atoms with Crippen LogP contribution in [0.25, 0.3) is 0 Å². The predicted octanol–water partition coefficient (Wildman–Crippen LogP) is 0.472. The van der Waals surface area contributed by atoms with Crippen LogP contribution in [0.2, 0.25) is 0 Å². The number of carbonyl (C=O) groups excluding carboxylic acids is 1. The standard InChI is InChI=1S/C12H17N3O3/c1-8-6-13-9(2)11(14-8)15-4-5-18-10(7-15)12(16)17-3/h6,10H,4-5,7H2,1-3H3. The van der Waals surface area contributed by atoms with Gasteiger partial charge in [0.25, 0.3) is 0 Å². The second kappa shape index (κ2) is 5.30. The summed E-state index contributed by atoms with van der Waals surface area (Å²) in [5.74, 6) is 0.463. The summed E-state index contributed by atoms with van der Waals surface area (Å²) >= 11 is 0. The number of hydrogen-bond acceptors (Lipinski definition) is 6. The fraction of sp³-hybridized carbons (Fsp3) is 0.583. The van der Waals surface area contributed by atoms with Crippen LogP contribution in [0.5, 0.6) is 0 Å². The van der Waals surface area contributed by atoms with Crippen LogP contribution in [0.3, 0.4) is 0 Å². The molecule has 1 aliphatic heterocycles. The van der Waals surface area contributed by atoms with E-state index in [-0.39, 0.29) is 5.97 Å². The number of esters is 1. The summed E-state index contributed by atoms with van der Waals surface area (Å²) in [5.41, 5.74) is 1.71. The van der Waals surface area contributed by atoms with Crippen molar-refractivity contribution in [2.24, 2.45) is 0 Å². The van der Waals surface area contributed by atoms with Crippen LogP contribution in [0, 0.1) is 13.8 Å². The number of nitrogens with zero attached hydrogens (tertiary/aromatic N) is 3. The summed E-state index contributed by atoms with van der Waals surface area (Å²) in [7, 11) is 1.36. The van der Waals surface area contributed by atoms with E-state index in [1.807, 2.05) is 18.7 Å². The average molecular weight is 251 g/mol. The van der Waals surface area contributed by atoms with Crippen molar-refractivity contribution in [2.75, 3.05) is 31.7 Å². The highest BCUT2D eigenvalue weighted by molar-refractivity contribution is 5.75. The Morgan fingerprint density at radius 2 is 2.33 bits per heavy atom. The SMILES string of the molecule is COC(=O)C1CN(c2nc(C)cnc2C)CCO1. The monoisotopic (exact) mass is 251 g/mol. The van der Waals surface area contributed by atoms with Gasteiger partial charge < -0.3 is 14.4 Å². The zero-order chi connectivity index (χ0) is 13.1. The molecule has 1 aromatic rings. The number of hydrogen-bond donors (Lipinski definition) is 0. The van der Waals surface area contributed by atoms with Crippen LogP contribution in [-0.4, -0.2) is 48.8 Å². The van der Waals surface area contributed by atoms with Crippen LogP contribution < -0.4 is 4.90 Å². The van der Waals surface area contributed by atoms with E-state index in [1.165, 1.54) is 7.11 Å². The number of morpholine rings is 1. The molecular weight excluding hydrogens is 234 g/mol. The normalized spacial score (nSPS) is 19.7. The number of aryl methyl sites for hydroxylation is 2. The molecule has 0 spiro atoms. The molecule has 1 atom stereocenters. The zero-order valence-corrected chi connectivity index (χ0v) is 10.8. The van der Waals surface area contributed by atoms with Gasteiger partial charge in [0.2, 0.25) is 0 Å². The fourth-order valence-corrected chi connectivity index (χ4v) is 1.94. The maximum atomic E-state index is 11.5. The molecule has 2 rings (SSSR count). The van der Waals surface area contributed by atoms with Crippen LogP contribution in [0.4, 0.5) is 5.82 Å². The van der Waals surface area contributed by atoms with Crippen molar-refractivity contribution in [3.63, 3.8) is 0 Å². The Morgan fingerprint density at radius 3 is 3.06 bits per heavy atom. The first kappa shape index (κ1) is 12.8. The Balaban J connectivity index is 2.18. The third-order valence-electron chi connectivity index (χ3n) is 2.88. The second-order valence-electron chi connectivity index (χ2n) is 4.25. The molecule has 0 radical (unpaired) electrons. The molecule has 0 amide bonds. The van der Waals surface area contributed by atoms with E-state index in [2.05, 4.69) is 9.97 Å². The van der Waals surface area contributed by atoms with E-state index in [4.69, 9.17) is 9.47 Å². The molecule has 98 valence electrons. The van der Waals surface area contributed by atoms with Gasteiger partial charge in [-0.15, -0.1) is 0 Å². The Kier molecular flexibility index (Phi) is 3.76. The molecule has 1 aromatic heterocycles. The topological polar surface area (TPSA) is 64.5 Å². The van der Waals surface area contributed by atoms with Gasteiger partial charge in [-0.1, -0.05) is 0 Å². The summed E-state index contributed by atoms with van der Waals surface area (Å²) in [6.07, 6.45) is 1.18. The Morgan fingerprint density at radius 1 is 1.56 bits per heavy atom. The van der Waals surface area contributed by atoms with Gasteiger partial charge in [0.15, 0.2) is 11.9 Å². The number of carbonyl (C=O) groups is 1. The molecule has 1 aliphatic rings. The van der Waals surface area contributed by atoms with Gasteiger partial charge in [0, 0.05) is 12.7 Å². The molecular formula is C12H17N3O3. The summed E-state index contributed by atoms with van der Waals surface area (Å²) in [5, 5.41) is 0. The van der Waals surface area contributed by atoms with E-state index in [1.54, 1.807) is 6.20 Å². The van der Waals surface area contributed by atoms with Crippen molar-refractivity contribution in [1.82, 2.24) is 9.97 Å². The van der Waals surface area contributed by atoms with E-state index in [9.17, 15) is 4.79 Å². The summed E-state index contributed by atoms with van der Waals surface area (Å²) in [4.78, 5) is 22.3. The van der Waals surface area contributed by atoms with Gasteiger partial charge >= 0.3 is 5.97 Å². The maximum absolute atomic E-state index is 11.5. The lowest BCUT2D eigenvalue weighted by Gasteiger charge is -2.32. The number of methoxy groups -OCH3 is 1. The minimum Gasteiger partial charge on any atom is -0.467 e. The quantitative estimate of drug-likeness (QED) is 0.712. The van der Waals surface area contributed by atoms with E-state index in [0.29, 0.717) is 19.7 Å². The molecule has 1 fully saturated rings. The Labute approximate surface area is 106 Å². The fourth-order valence-electron chi connectivity index (χ4n) is 1.94. The molecule has 1 unspecified atom stereocenters. The molecule has 2 heterocycles. The van der Waals surface area contributed by atoms with Gasteiger partial charge in [-0.25, -0.2) is 9.78 Å². The first-order valence-electron chi connectivity index (χ1n) is 5.86. The minimum absolute atomic E-state index is 0.349. The molecule has 0 N–H and O–H groups in total. The molecule has 18 heavy (non-hydrogen) atoms. The van der Waals surface area contributed by atoms with Gasteiger partial charge in [-0.05, 0) is 13.8 Å². The maximum Gasteiger partial charge on any atom is 0.336 e. The molecule has 0 saturated carbocycles. The summed E-state index contributed by atoms with van der Waals surface area (Å²) in [6.45, 7) is 5.44. The van der Waals surface area contributed by atoms with Crippen LogP contribution in [-0.2, 0) is 14.3 Å². The molecule has 0 bridgehead atoms. The minimum atomic E-state index is -0.550. The van der Waals surface area contributed by atoms with Crippen LogP contribution >= 0.6 is 0 Å². The molecule has 0 aromatic carbocycles. The predicted molar refractivity (Wildman–Crippen MR) is 65.5 cm³/mol. The molecule has 6 nitrogen and oxygen atoms in total. The Bertz CT molecular complexity index is 450. The highest BCUT2D eigenvalue weighted by Gasteiger charge is 2.28. The van der Waals surface area contributed by atoms with Crippen molar-refractivity contribution in [2.45, 2.75) is 20.0 Å². The third-order valence-corrected chi connectivity index (χ3v) is 2.88. The summed E-state index contributed by atoms with van der Waals surface area (Å²) < 4.78 is 10.1. The average Bonchev–Trinajstić information content (AvgIpc) is 2.40. The highest BCUT2D eigenvalue weighted by Crippen LogP contribution is 2.18. The third kappa shape index (κ3) is 2.59. The molecule has 6 heteroatoms. The highest BCUT2D eigenvalue weighted by atomic mass is 16.6. The van der Waals surface area contributed by atoms with Crippen molar-refractivity contribution >= 4 is 11.8 Å². The number of anilines is 1. The molecule has 1 saturated heterocycles. The van der Waals surface area contributed by atoms with Crippen molar-refractivity contribution < 1.29 is 14.3 Å². The summed E-state index contributed by atoms with van der Waals surface area (Å²) in [6, 6.07) is 0. The molecule has 0 aliphatic carbocycles. The van der Waals surface area contributed by atoms with Gasteiger partial charge in [-0.3, -0.25) is 4.98 Å². The zero-order valence-electron chi connectivity index (χ0n) is 10.8. The van der Waals surface area contributed by atoms with E-state index < -0.39 is 6.10 Å². The van der Waals surface area contributed by atoms with Crippen molar-refractivity contribution in [3.8, 4) is 0 Å². The van der Waals surface area contributed by atoms with Crippen molar-refractivity contribution in [3.05, 3.63) is 17.6 Å². The Hall–Kier alpha value is -1.69. The van der Waals surface area contributed by atoms with Gasteiger partial charge in [0.1, 0.15) is 0 Å². The number of aromatic nitrogens is 2. The van der Waals surface area contributed by atoms with E-state index >= 15 is 0 Å². The second-order valence-corrected chi connectivity index (χ2v) is 4.25. The first-order valence-corrected chi connectivity index (χ1v) is 5.86. The lowest BCUT2D eigenvalue weighted by Crippen LogP contribution is -2.47. The lowest BCUT2D eigenvalue weighted by molar-refractivity contribution is -0.154. The van der Waals surface area contributed by atoms with Crippen molar-refractivity contribution in [1.29, 1.82) is 0 Å². The van der Waals surface area contributed by atoms with E-state index in [0.717, 1.165) is 17.2 Å². The number of ether oxygens (including phenoxy) is 2. The lowest BCUT2D eigenvalue weighted by atomic mass is 10.2. The van der Waals surface area contributed by atoms with Crippen LogP contribution in [0.15, 0.2) is 6.20 Å². The first-order chi connectivity index (χ1) is 8.61. The number of rotatable bonds is 2. The van der Waals surface area contributed by atoms with Gasteiger partial charge in [-0.2, -0.15) is 0 Å². The smallest absolute Gasteiger partial charge is 0.336 e.